The van der Waals surface area contributed by atoms with Crippen molar-refractivity contribution < 1.29 is 31.5 Å². The summed E-state index contributed by atoms with van der Waals surface area (Å²) < 4.78 is 74.9. The highest BCUT2D eigenvalue weighted by Crippen LogP contribution is 2.35. The van der Waals surface area contributed by atoms with Gasteiger partial charge in [-0.2, -0.15) is 13.2 Å². The van der Waals surface area contributed by atoms with E-state index in [0.29, 0.717) is 24.2 Å². The monoisotopic (exact) mass is 665 g/mol. The van der Waals surface area contributed by atoms with Gasteiger partial charge in [0.05, 0.1) is 17.9 Å². The maximum atomic E-state index is 13.9. The van der Waals surface area contributed by atoms with E-state index >= 15 is 0 Å². The van der Waals surface area contributed by atoms with Gasteiger partial charge in [0, 0.05) is 55.7 Å². The first-order valence-corrected chi connectivity index (χ1v) is 13.5. The number of aromatic amines is 1. The van der Waals surface area contributed by atoms with E-state index < -0.39 is 35.3 Å². The molecule has 0 bridgehead atoms. The van der Waals surface area contributed by atoms with Crippen molar-refractivity contribution in [2.24, 2.45) is 0 Å². The van der Waals surface area contributed by atoms with Crippen molar-refractivity contribution in [3.8, 4) is 16.9 Å². The summed E-state index contributed by atoms with van der Waals surface area (Å²) in [5, 5.41) is 4.62. The Morgan fingerprint density at radius 1 is 0.955 bits per heavy atom. The zero-order valence-electron chi connectivity index (χ0n) is 24.0. The molecular weight excluding hydrogens is 632 g/mol. The lowest BCUT2D eigenvalue weighted by Gasteiger charge is -2.34. The third-order valence-corrected chi connectivity index (χ3v) is 7.02. The van der Waals surface area contributed by atoms with E-state index in [0.717, 1.165) is 31.8 Å². The second kappa shape index (κ2) is 16.1. The number of halogens is 7. The Bertz CT molecular complexity index is 1460. The Morgan fingerprint density at radius 2 is 1.64 bits per heavy atom. The van der Waals surface area contributed by atoms with Gasteiger partial charge in [0.1, 0.15) is 0 Å². The van der Waals surface area contributed by atoms with Crippen LogP contribution in [0.3, 0.4) is 0 Å². The second-order valence-electron chi connectivity index (χ2n) is 9.78. The molecule has 2 aromatic carbocycles. The zero-order chi connectivity index (χ0) is 30.4. The number of hydrogen-bond donors (Lipinski definition) is 3. The maximum Gasteiger partial charge on any atom is 0.416 e. The van der Waals surface area contributed by atoms with Crippen molar-refractivity contribution in [1.29, 1.82) is 0 Å². The molecule has 2 amide bonds. The number of aromatic nitrogens is 1. The van der Waals surface area contributed by atoms with Crippen LogP contribution < -0.4 is 20.9 Å². The molecule has 44 heavy (non-hydrogen) atoms. The van der Waals surface area contributed by atoms with E-state index in [-0.39, 0.29) is 60.7 Å². The fraction of sp³-hybridized carbons (Fsp3) is 0.379. The average Bonchev–Trinajstić information content (AvgIpc) is 2.95. The molecule has 0 atom stereocenters. The van der Waals surface area contributed by atoms with Crippen LogP contribution in [0.2, 0.25) is 0 Å². The number of rotatable bonds is 9. The average molecular weight is 667 g/mol. The van der Waals surface area contributed by atoms with Crippen molar-refractivity contribution in [1.82, 2.24) is 14.8 Å². The number of nitrogens with zero attached hydrogens (tertiary/aromatic N) is 2. The van der Waals surface area contributed by atoms with Crippen LogP contribution in [-0.2, 0) is 12.7 Å². The second-order valence-corrected chi connectivity index (χ2v) is 9.78. The lowest BCUT2D eigenvalue weighted by Crippen LogP contribution is -2.45. The number of ether oxygens (including phenoxy) is 1. The number of H-pyrrole nitrogens is 1. The fourth-order valence-electron chi connectivity index (χ4n) is 4.77. The molecule has 4 rings (SSSR count). The number of nitrogens with one attached hydrogen (secondary N) is 3. The molecule has 0 saturated carbocycles. The van der Waals surface area contributed by atoms with Crippen molar-refractivity contribution in [3.05, 3.63) is 75.7 Å². The van der Waals surface area contributed by atoms with Gasteiger partial charge in [0.15, 0.2) is 5.75 Å². The van der Waals surface area contributed by atoms with Crippen LogP contribution in [0.15, 0.2) is 53.5 Å². The minimum atomic E-state index is -4.66. The van der Waals surface area contributed by atoms with Gasteiger partial charge in [0.25, 0.3) is 12.0 Å². The maximum absolute atomic E-state index is 13.9. The third-order valence-electron chi connectivity index (χ3n) is 7.02. The van der Waals surface area contributed by atoms with Crippen molar-refractivity contribution >= 4 is 42.2 Å². The molecular formula is C29H34Cl2F5N5O3. The van der Waals surface area contributed by atoms with Crippen LogP contribution in [0.25, 0.3) is 11.1 Å². The summed E-state index contributed by atoms with van der Waals surface area (Å²) in [7, 11) is 0. The molecule has 1 fully saturated rings. The number of carbonyl (C=O) groups excluding carboxylic acids is 1. The number of alkyl halides is 5. The molecule has 1 aliphatic heterocycles. The number of urea groups is 1. The number of piperazine rings is 1. The molecule has 1 saturated heterocycles. The van der Waals surface area contributed by atoms with E-state index in [1.807, 2.05) is 11.8 Å². The van der Waals surface area contributed by atoms with Crippen LogP contribution in [0.4, 0.5) is 38.1 Å². The minimum Gasteiger partial charge on any atom is -0.488 e. The third kappa shape index (κ3) is 9.31. The van der Waals surface area contributed by atoms with Crippen LogP contribution in [-0.4, -0.2) is 60.1 Å². The highest BCUT2D eigenvalue weighted by Gasteiger charge is 2.34. The summed E-state index contributed by atoms with van der Waals surface area (Å²) in [4.78, 5) is 31.2. The molecule has 0 radical (unpaired) electrons. The van der Waals surface area contributed by atoms with Crippen LogP contribution >= 0.6 is 24.8 Å². The van der Waals surface area contributed by atoms with E-state index in [4.69, 9.17) is 4.74 Å². The molecule has 15 heteroatoms. The molecule has 0 aliphatic carbocycles. The summed E-state index contributed by atoms with van der Waals surface area (Å²) in [6.07, 6.45) is -6.29. The van der Waals surface area contributed by atoms with Crippen molar-refractivity contribution in [2.45, 2.75) is 33.0 Å². The molecule has 2 heterocycles. The van der Waals surface area contributed by atoms with E-state index in [2.05, 4.69) is 20.5 Å². The molecule has 3 aromatic rings. The van der Waals surface area contributed by atoms with Gasteiger partial charge in [-0.3, -0.25) is 9.69 Å². The smallest absolute Gasteiger partial charge is 0.416 e. The number of benzene rings is 2. The summed E-state index contributed by atoms with van der Waals surface area (Å²) in [6.45, 7) is 7.81. The van der Waals surface area contributed by atoms with E-state index in [9.17, 15) is 31.5 Å². The van der Waals surface area contributed by atoms with Crippen molar-refractivity contribution in [3.63, 3.8) is 0 Å². The zero-order valence-corrected chi connectivity index (χ0v) is 25.6. The Balaban J connectivity index is 0.00000337. The number of carbonyl (C=O) groups is 1. The van der Waals surface area contributed by atoms with Gasteiger partial charge in [-0.25, -0.2) is 13.6 Å². The van der Waals surface area contributed by atoms with Gasteiger partial charge in [0.2, 0.25) is 0 Å². The lowest BCUT2D eigenvalue weighted by molar-refractivity contribution is -0.138. The molecule has 3 N–H and O–H groups in total. The number of amides is 2. The Hall–Kier alpha value is -3.39. The lowest BCUT2D eigenvalue weighted by atomic mass is 10.0. The normalized spacial score (nSPS) is 14.0. The molecule has 242 valence electrons. The van der Waals surface area contributed by atoms with Crippen molar-refractivity contribution in [2.75, 3.05) is 50.0 Å². The Kier molecular flexibility index (Phi) is 13.4. The number of anilines is 2. The molecule has 8 nitrogen and oxygen atoms in total. The topological polar surface area (TPSA) is 89.7 Å². The number of pyridine rings is 1. The highest BCUT2D eigenvalue weighted by atomic mass is 35.5. The fourth-order valence-corrected chi connectivity index (χ4v) is 4.77. The first-order valence-electron chi connectivity index (χ1n) is 13.5. The van der Waals surface area contributed by atoms with E-state index in [1.165, 1.54) is 36.5 Å². The summed E-state index contributed by atoms with van der Waals surface area (Å²) in [5.74, 6) is 0.0264. The van der Waals surface area contributed by atoms with Gasteiger partial charge in [-0.1, -0.05) is 19.1 Å². The SMILES string of the molecule is CCOc1cc(-c2ccc(NC(=O)Nc3ccc(CN4CCN(CC)CC4)c(C(F)(F)F)c3)c(C(F)F)c2)c[nH]c1=O.Cl.Cl. The predicted octanol–water partition coefficient (Wildman–Crippen LogP) is 7.02. The van der Waals surface area contributed by atoms with Gasteiger partial charge >= 0.3 is 12.2 Å². The first kappa shape index (κ1) is 36.8. The van der Waals surface area contributed by atoms with Gasteiger partial charge in [-0.15, -0.1) is 24.8 Å². The first-order chi connectivity index (χ1) is 20.0. The van der Waals surface area contributed by atoms with Crippen LogP contribution in [0, 0.1) is 0 Å². The standard InChI is InChI=1S/C29H32F5N5O3.2ClH/c1-3-38-9-11-39(12-10-38)17-19-5-7-21(15-23(19)29(32,33)34)36-28(41)37-24-8-6-18(13-22(24)26(30)31)20-14-25(42-4-2)27(40)35-16-20;;/h5-8,13-16,26H,3-4,9-12,17H2,1-2H3,(H,35,40)(H2,36,37,41);2*1H. The quantitative estimate of drug-likeness (QED) is 0.214. The minimum absolute atomic E-state index is 0. The van der Waals surface area contributed by atoms with Crippen LogP contribution in [0.5, 0.6) is 5.75 Å². The summed E-state index contributed by atoms with van der Waals surface area (Å²) in [6, 6.07) is 7.83. The molecule has 0 spiro atoms. The predicted molar refractivity (Wildman–Crippen MR) is 165 cm³/mol. The van der Waals surface area contributed by atoms with Gasteiger partial charge in [-0.05, 0) is 54.9 Å². The Labute approximate surface area is 263 Å². The molecule has 1 aliphatic rings. The van der Waals surface area contributed by atoms with Gasteiger partial charge < -0.3 is 25.3 Å². The van der Waals surface area contributed by atoms with E-state index in [1.54, 1.807) is 6.92 Å². The highest BCUT2D eigenvalue weighted by molar-refractivity contribution is 6.00. The largest absolute Gasteiger partial charge is 0.488 e. The molecule has 1 aromatic heterocycles. The summed E-state index contributed by atoms with van der Waals surface area (Å²) in [5.41, 5.74) is -1.39. The number of hydrogen-bond acceptors (Lipinski definition) is 5. The van der Waals surface area contributed by atoms with Crippen LogP contribution in [0.1, 0.15) is 37.0 Å². The Morgan fingerprint density at radius 3 is 2.25 bits per heavy atom. The summed E-state index contributed by atoms with van der Waals surface area (Å²) >= 11 is 0. The molecule has 0 unspecified atom stereocenters. The number of likely N-dealkylation sites (N-methyl/N-ethyl adjacent to an activating group) is 1.